The number of nitrogens with one attached hydrogen (secondary N) is 1. The molecule has 1 N–H and O–H groups in total. The lowest BCUT2D eigenvalue weighted by Crippen LogP contribution is -2.70. The summed E-state index contributed by atoms with van der Waals surface area (Å²) >= 11 is 0. The first kappa shape index (κ1) is 14.3. The zero-order valence-electron chi connectivity index (χ0n) is 12.4. The number of piperazine rings is 1. The number of ether oxygens (including phenoxy) is 1. The maximum atomic E-state index is 12.8. The van der Waals surface area contributed by atoms with Crippen molar-refractivity contribution in [1.82, 2.24) is 10.2 Å². The van der Waals surface area contributed by atoms with Crippen molar-refractivity contribution >= 4 is 11.8 Å². The Morgan fingerprint density at radius 2 is 2.00 bits per heavy atom. The van der Waals surface area contributed by atoms with E-state index in [1.807, 2.05) is 27.7 Å². The van der Waals surface area contributed by atoms with Gasteiger partial charge in [0, 0.05) is 6.61 Å². The molecule has 2 saturated heterocycles. The van der Waals surface area contributed by atoms with E-state index in [1.54, 1.807) is 11.8 Å². The lowest BCUT2D eigenvalue weighted by molar-refractivity contribution is -0.159. The second-order valence-corrected chi connectivity index (χ2v) is 6.99. The third kappa shape index (κ3) is 2.36. The molecule has 0 aromatic carbocycles. The van der Waals surface area contributed by atoms with E-state index in [4.69, 9.17) is 4.74 Å². The molecule has 5 heteroatoms. The van der Waals surface area contributed by atoms with Crippen molar-refractivity contribution in [2.45, 2.75) is 58.7 Å². The van der Waals surface area contributed by atoms with Crippen LogP contribution in [0, 0.1) is 5.41 Å². The van der Waals surface area contributed by atoms with Gasteiger partial charge in [-0.2, -0.15) is 0 Å². The van der Waals surface area contributed by atoms with Gasteiger partial charge >= 0.3 is 0 Å². The van der Waals surface area contributed by atoms with Gasteiger partial charge in [0.2, 0.25) is 11.8 Å². The van der Waals surface area contributed by atoms with Crippen LogP contribution in [-0.2, 0) is 14.3 Å². The molecular weight excluding hydrogens is 244 g/mol. The SMILES string of the molecule is CC1C(=O)NC(C(C)(C)C)C(=O)N1C1(C)CCOC1. The van der Waals surface area contributed by atoms with Crippen molar-refractivity contribution < 1.29 is 14.3 Å². The van der Waals surface area contributed by atoms with Crippen molar-refractivity contribution in [3.05, 3.63) is 0 Å². The van der Waals surface area contributed by atoms with Crippen molar-refractivity contribution in [3.63, 3.8) is 0 Å². The van der Waals surface area contributed by atoms with Crippen LogP contribution in [0.3, 0.4) is 0 Å². The number of carbonyl (C=O) groups excluding carboxylic acids is 2. The third-order valence-corrected chi connectivity index (χ3v) is 4.18. The van der Waals surface area contributed by atoms with Crippen molar-refractivity contribution in [2.24, 2.45) is 5.41 Å². The van der Waals surface area contributed by atoms with E-state index < -0.39 is 12.1 Å². The van der Waals surface area contributed by atoms with Gasteiger partial charge in [-0.3, -0.25) is 9.59 Å². The highest BCUT2D eigenvalue weighted by Crippen LogP contribution is 2.33. The Hall–Kier alpha value is -1.10. The molecule has 0 bridgehead atoms. The lowest BCUT2D eigenvalue weighted by atomic mass is 9.82. The van der Waals surface area contributed by atoms with Gasteiger partial charge in [-0.15, -0.1) is 0 Å². The minimum atomic E-state index is -0.464. The lowest BCUT2D eigenvalue weighted by Gasteiger charge is -2.48. The Kier molecular flexibility index (Phi) is 3.37. The van der Waals surface area contributed by atoms with Crippen molar-refractivity contribution in [3.8, 4) is 0 Å². The summed E-state index contributed by atoms with van der Waals surface area (Å²) in [6.07, 6.45) is 0.785. The molecule has 2 rings (SSSR count). The van der Waals surface area contributed by atoms with Gasteiger partial charge < -0.3 is 15.0 Å². The Morgan fingerprint density at radius 3 is 2.47 bits per heavy atom. The zero-order valence-corrected chi connectivity index (χ0v) is 12.4. The third-order valence-electron chi connectivity index (χ3n) is 4.18. The number of hydrogen-bond donors (Lipinski definition) is 1. The van der Waals surface area contributed by atoms with Crippen LogP contribution in [0.15, 0.2) is 0 Å². The highest BCUT2D eigenvalue weighted by molar-refractivity contribution is 5.97. The van der Waals surface area contributed by atoms with E-state index in [-0.39, 0.29) is 22.8 Å². The maximum absolute atomic E-state index is 12.8. The van der Waals surface area contributed by atoms with Crippen LogP contribution in [0.2, 0.25) is 0 Å². The predicted octanol–water partition coefficient (Wildman–Crippen LogP) is 0.927. The molecule has 108 valence electrons. The van der Waals surface area contributed by atoms with Crippen LogP contribution < -0.4 is 5.32 Å². The first-order valence-electron chi connectivity index (χ1n) is 6.88. The number of nitrogens with zero attached hydrogens (tertiary/aromatic N) is 1. The fourth-order valence-corrected chi connectivity index (χ4v) is 2.94. The quantitative estimate of drug-likeness (QED) is 0.769. The topological polar surface area (TPSA) is 58.6 Å². The molecular formula is C14H24N2O3. The molecule has 0 aliphatic carbocycles. The number of carbonyl (C=O) groups is 2. The van der Waals surface area contributed by atoms with E-state index in [0.717, 1.165) is 6.42 Å². The molecule has 19 heavy (non-hydrogen) atoms. The molecule has 0 spiro atoms. The molecule has 2 aliphatic heterocycles. The Balaban J connectivity index is 2.34. The molecule has 0 saturated carbocycles. The Morgan fingerprint density at radius 1 is 1.37 bits per heavy atom. The van der Waals surface area contributed by atoms with Gasteiger partial charge in [-0.1, -0.05) is 20.8 Å². The summed E-state index contributed by atoms with van der Waals surface area (Å²) in [4.78, 5) is 26.7. The van der Waals surface area contributed by atoms with Crippen LogP contribution in [0.5, 0.6) is 0 Å². The molecule has 0 aromatic heterocycles. The highest BCUT2D eigenvalue weighted by Gasteiger charge is 2.51. The van der Waals surface area contributed by atoms with Crippen LogP contribution >= 0.6 is 0 Å². The fourth-order valence-electron chi connectivity index (χ4n) is 2.94. The summed E-state index contributed by atoms with van der Waals surface area (Å²) in [5.41, 5.74) is -0.654. The van der Waals surface area contributed by atoms with E-state index in [0.29, 0.717) is 13.2 Å². The summed E-state index contributed by atoms with van der Waals surface area (Å²) in [6.45, 7) is 10.9. The van der Waals surface area contributed by atoms with Gasteiger partial charge in [0.25, 0.3) is 0 Å². The fraction of sp³-hybridized carbons (Fsp3) is 0.857. The predicted molar refractivity (Wildman–Crippen MR) is 71.5 cm³/mol. The second-order valence-electron chi connectivity index (χ2n) is 6.99. The first-order valence-corrected chi connectivity index (χ1v) is 6.88. The summed E-state index contributed by atoms with van der Waals surface area (Å²) in [7, 11) is 0. The standard InChI is InChI=1S/C14H24N2O3/c1-9-11(17)15-10(13(2,3)4)12(18)16(9)14(5)6-7-19-8-14/h9-10H,6-8H2,1-5H3,(H,15,17). The van der Waals surface area contributed by atoms with Crippen LogP contribution in [0.4, 0.5) is 0 Å². The van der Waals surface area contributed by atoms with Crippen LogP contribution in [-0.4, -0.2) is 47.6 Å². The number of amides is 2. The highest BCUT2D eigenvalue weighted by atomic mass is 16.5. The van der Waals surface area contributed by atoms with E-state index in [2.05, 4.69) is 5.32 Å². The molecule has 2 fully saturated rings. The van der Waals surface area contributed by atoms with Gasteiger partial charge in [0.05, 0.1) is 12.1 Å². The van der Waals surface area contributed by atoms with Crippen LogP contribution in [0.1, 0.15) is 41.0 Å². The Bertz CT molecular complexity index is 394. The van der Waals surface area contributed by atoms with Gasteiger partial charge in [0.1, 0.15) is 12.1 Å². The molecule has 0 aromatic rings. The first-order chi connectivity index (χ1) is 8.67. The molecule has 2 amide bonds. The maximum Gasteiger partial charge on any atom is 0.246 e. The van der Waals surface area contributed by atoms with E-state index in [1.165, 1.54) is 0 Å². The number of hydrogen-bond acceptors (Lipinski definition) is 3. The van der Waals surface area contributed by atoms with E-state index >= 15 is 0 Å². The molecule has 2 aliphatic rings. The van der Waals surface area contributed by atoms with E-state index in [9.17, 15) is 9.59 Å². The average molecular weight is 268 g/mol. The summed E-state index contributed by atoms with van der Waals surface area (Å²) in [5.74, 6) is -0.0692. The van der Waals surface area contributed by atoms with Crippen molar-refractivity contribution in [1.29, 1.82) is 0 Å². The monoisotopic (exact) mass is 268 g/mol. The minimum absolute atomic E-state index is 0.00704. The largest absolute Gasteiger partial charge is 0.379 e. The Labute approximate surface area is 114 Å². The molecule has 3 unspecified atom stereocenters. The molecule has 2 heterocycles. The molecule has 3 atom stereocenters. The number of rotatable bonds is 1. The van der Waals surface area contributed by atoms with Gasteiger partial charge in [0.15, 0.2) is 0 Å². The van der Waals surface area contributed by atoms with Crippen LogP contribution in [0.25, 0.3) is 0 Å². The van der Waals surface area contributed by atoms with Gasteiger partial charge in [-0.25, -0.2) is 0 Å². The minimum Gasteiger partial charge on any atom is -0.379 e. The van der Waals surface area contributed by atoms with Gasteiger partial charge in [-0.05, 0) is 25.7 Å². The second kappa shape index (κ2) is 4.47. The van der Waals surface area contributed by atoms with Crippen molar-refractivity contribution in [2.75, 3.05) is 13.2 Å². The average Bonchev–Trinajstić information content (AvgIpc) is 2.70. The zero-order chi connectivity index (χ0) is 14.4. The summed E-state index contributed by atoms with van der Waals surface area (Å²) < 4.78 is 5.44. The normalized spacial score (nSPS) is 36.6. The summed E-state index contributed by atoms with van der Waals surface area (Å²) in [6, 6.07) is -0.897. The summed E-state index contributed by atoms with van der Waals surface area (Å²) in [5, 5.41) is 2.86. The smallest absolute Gasteiger partial charge is 0.246 e. The molecule has 0 radical (unpaired) electrons. The molecule has 5 nitrogen and oxygen atoms in total.